The van der Waals surface area contributed by atoms with Crippen molar-refractivity contribution < 1.29 is 14.3 Å². The van der Waals surface area contributed by atoms with E-state index in [0.717, 1.165) is 0 Å². The van der Waals surface area contributed by atoms with Gasteiger partial charge in [-0.1, -0.05) is 6.08 Å². The first-order valence-corrected chi connectivity index (χ1v) is 3.95. The van der Waals surface area contributed by atoms with Crippen molar-refractivity contribution in [1.82, 2.24) is 10.2 Å². The van der Waals surface area contributed by atoms with Gasteiger partial charge in [0.05, 0.1) is 0 Å². The molecule has 1 heterocycles. The molecule has 0 spiro atoms. The third kappa shape index (κ3) is 1.99. The standard InChI is InChI=1S/C8H12N2O3/c1-3-4-9-7(11)6-5-13-8(12)10(6)2/h3,6H,1,4-5H2,2H3,(H,9,11). The van der Waals surface area contributed by atoms with Crippen molar-refractivity contribution >= 4 is 12.0 Å². The Bertz CT molecular complexity index is 240. The zero-order chi connectivity index (χ0) is 9.84. The highest BCUT2D eigenvalue weighted by Gasteiger charge is 2.34. The first-order chi connectivity index (χ1) is 6.16. The van der Waals surface area contributed by atoms with Crippen molar-refractivity contribution in [3.8, 4) is 0 Å². The quantitative estimate of drug-likeness (QED) is 0.615. The van der Waals surface area contributed by atoms with Crippen LogP contribution in [0.1, 0.15) is 0 Å². The first kappa shape index (κ1) is 9.57. The van der Waals surface area contributed by atoms with E-state index in [1.54, 1.807) is 6.08 Å². The second kappa shape index (κ2) is 3.93. The highest BCUT2D eigenvalue weighted by Crippen LogP contribution is 2.08. The van der Waals surface area contributed by atoms with Crippen LogP contribution in [-0.4, -0.2) is 43.1 Å². The minimum Gasteiger partial charge on any atom is -0.447 e. The van der Waals surface area contributed by atoms with Crippen LogP contribution in [0.3, 0.4) is 0 Å². The van der Waals surface area contributed by atoms with Gasteiger partial charge >= 0.3 is 6.09 Å². The molecule has 1 saturated heterocycles. The van der Waals surface area contributed by atoms with Gasteiger partial charge in [-0.25, -0.2) is 4.79 Å². The monoisotopic (exact) mass is 184 g/mol. The topological polar surface area (TPSA) is 58.6 Å². The van der Waals surface area contributed by atoms with Gasteiger partial charge in [0.15, 0.2) is 0 Å². The molecule has 1 aliphatic heterocycles. The maximum absolute atomic E-state index is 11.3. The first-order valence-electron chi connectivity index (χ1n) is 3.95. The number of rotatable bonds is 3. The number of nitrogens with zero attached hydrogens (tertiary/aromatic N) is 1. The number of hydrogen-bond acceptors (Lipinski definition) is 3. The van der Waals surface area contributed by atoms with Gasteiger partial charge in [-0.15, -0.1) is 6.58 Å². The van der Waals surface area contributed by atoms with Crippen molar-refractivity contribution in [3.63, 3.8) is 0 Å². The molecule has 0 radical (unpaired) electrons. The molecular formula is C8H12N2O3. The fourth-order valence-corrected chi connectivity index (χ4v) is 1.03. The lowest BCUT2D eigenvalue weighted by Gasteiger charge is -2.14. The Labute approximate surface area is 76.3 Å². The molecule has 0 saturated carbocycles. The minimum atomic E-state index is -0.507. The maximum atomic E-state index is 11.3. The predicted molar refractivity (Wildman–Crippen MR) is 46.1 cm³/mol. The summed E-state index contributed by atoms with van der Waals surface area (Å²) in [6.45, 7) is 3.99. The fourth-order valence-electron chi connectivity index (χ4n) is 1.03. The van der Waals surface area contributed by atoms with Crippen molar-refractivity contribution in [2.75, 3.05) is 20.2 Å². The Morgan fingerprint density at radius 2 is 2.62 bits per heavy atom. The number of likely N-dealkylation sites (N-methyl/N-ethyl adjacent to an activating group) is 1. The maximum Gasteiger partial charge on any atom is 0.410 e. The molecule has 1 aliphatic rings. The number of carbonyl (C=O) groups excluding carboxylic acids is 2. The van der Waals surface area contributed by atoms with Gasteiger partial charge < -0.3 is 10.1 Å². The van der Waals surface area contributed by atoms with E-state index in [9.17, 15) is 9.59 Å². The molecule has 1 rings (SSSR count). The van der Waals surface area contributed by atoms with Gasteiger partial charge in [-0.3, -0.25) is 9.69 Å². The van der Waals surface area contributed by atoms with E-state index in [4.69, 9.17) is 0 Å². The Hall–Kier alpha value is -1.52. The Kier molecular flexibility index (Phi) is 2.89. The SMILES string of the molecule is C=CCNC(=O)C1COC(=O)N1C. The average Bonchev–Trinajstić information content (AvgIpc) is 2.44. The van der Waals surface area contributed by atoms with E-state index in [-0.39, 0.29) is 12.5 Å². The van der Waals surface area contributed by atoms with E-state index in [2.05, 4.69) is 16.6 Å². The average molecular weight is 184 g/mol. The third-order valence-electron chi connectivity index (χ3n) is 1.84. The molecule has 5 heteroatoms. The summed E-state index contributed by atoms with van der Waals surface area (Å²) >= 11 is 0. The molecule has 1 fully saturated rings. The lowest BCUT2D eigenvalue weighted by atomic mass is 10.3. The van der Waals surface area contributed by atoms with Gasteiger partial charge in [0, 0.05) is 13.6 Å². The van der Waals surface area contributed by atoms with Crippen LogP contribution < -0.4 is 5.32 Å². The molecule has 0 aromatic carbocycles. The van der Waals surface area contributed by atoms with Crippen LogP contribution >= 0.6 is 0 Å². The molecule has 13 heavy (non-hydrogen) atoms. The van der Waals surface area contributed by atoms with Gasteiger partial charge in [0.1, 0.15) is 12.6 Å². The summed E-state index contributed by atoms with van der Waals surface area (Å²) in [7, 11) is 1.54. The lowest BCUT2D eigenvalue weighted by Crippen LogP contribution is -2.43. The highest BCUT2D eigenvalue weighted by atomic mass is 16.6. The summed E-state index contributed by atoms with van der Waals surface area (Å²) in [6, 6.07) is -0.507. The van der Waals surface area contributed by atoms with Gasteiger partial charge in [0.2, 0.25) is 5.91 Å². The molecule has 72 valence electrons. The molecule has 0 aromatic rings. The van der Waals surface area contributed by atoms with Crippen LogP contribution in [0.2, 0.25) is 0 Å². The van der Waals surface area contributed by atoms with Crippen LogP contribution in [-0.2, 0) is 9.53 Å². The number of cyclic esters (lactones) is 1. The normalized spacial score (nSPS) is 21.2. The molecule has 1 unspecified atom stereocenters. The summed E-state index contributed by atoms with van der Waals surface area (Å²) in [5.41, 5.74) is 0. The summed E-state index contributed by atoms with van der Waals surface area (Å²) < 4.78 is 4.68. The summed E-state index contributed by atoms with van der Waals surface area (Å²) in [5, 5.41) is 2.59. The van der Waals surface area contributed by atoms with Gasteiger partial charge in [-0.2, -0.15) is 0 Å². The second-order valence-corrected chi connectivity index (χ2v) is 2.74. The number of hydrogen-bond donors (Lipinski definition) is 1. The molecule has 0 aliphatic carbocycles. The van der Waals surface area contributed by atoms with Crippen molar-refractivity contribution in [1.29, 1.82) is 0 Å². The largest absolute Gasteiger partial charge is 0.447 e. The Morgan fingerprint density at radius 3 is 3.08 bits per heavy atom. The zero-order valence-corrected chi connectivity index (χ0v) is 7.45. The van der Waals surface area contributed by atoms with Gasteiger partial charge in [0.25, 0.3) is 0 Å². The predicted octanol–water partition coefficient (Wildman–Crippen LogP) is -0.261. The third-order valence-corrected chi connectivity index (χ3v) is 1.84. The van der Waals surface area contributed by atoms with E-state index >= 15 is 0 Å². The van der Waals surface area contributed by atoms with Gasteiger partial charge in [-0.05, 0) is 0 Å². The van der Waals surface area contributed by atoms with E-state index < -0.39 is 12.1 Å². The molecule has 0 aromatic heterocycles. The number of ether oxygens (including phenoxy) is 1. The zero-order valence-electron chi connectivity index (χ0n) is 7.45. The number of amides is 2. The molecule has 1 N–H and O–H groups in total. The van der Waals surface area contributed by atoms with Crippen molar-refractivity contribution in [3.05, 3.63) is 12.7 Å². The molecule has 2 amide bonds. The number of carbonyl (C=O) groups is 2. The van der Waals surface area contributed by atoms with Crippen LogP contribution in [0.4, 0.5) is 4.79 Å². The summed E-state index contributed by atoms with van der Waals surface area (Å²) in [4.78, 5) is 23.5. The fraction of sp³-hybridized carbons (Fsp3) is 0.500. The number of nitrogens with one attached hydrogen (secondary N) is 1. The summed E-state index contributed by atoms with van der Waals surface area (Å²) in [5.74, 6) is -0.215. The van der Waals surface area contributed by atoms with Crippen LogP contribution in [0, 0.1) is 0 Å². The van der Waals surface area contributed by atoms with Crippen LogP contribution in [0.5, 0.6) is 0 Å². The van der Waals surface area contributed by atoms with Crippen molar-refractivity contribution in [2.45, 2.75) is 6.04 Å². The lowest BCUT2D eigenvalue weighted by molar-refractivity contribution is -0.124. The second-order valence-electron chi connectivity index (χ2n) is 2.74. The van der Waals surface area contributed by atoms with Crippen LogP contribution in [0.15, 0.2) is 12.7 Å². The highest BCUT2D eigenvalue weighted by molar-refractivity contribution is 5.87. The molecule has 5 nitrogen and oxygen atoms in total. The summed E-state index contributed by atoms with van der Waals surface area (Å²) in [6.07, 6.45) is 1.12. The molecular weight excluding hydrogens is 172 g/mol. The van der Waals surface area contributed by atoms with Crippen molar-refractivity contribution in [2.24, 2.45) is 0 Å². The Balaban J connectivity index is 2.48. The smallest absolute Gasteiger partial charge is 0.410 e. The van der Waals surface area contributed by atoms with E-state index in [1.807, 2.05) is 0 Å². The van der Waals surface area contributed by atoms with Crippen LogP contribution in [0.25, 0.3) is 0 Å². The Morgan fingerprint density at radius 1 is 1.92 bits per heavy atom. The minimum absolute atomic E-state index is 0.123. The molecule has 1 atom stereocenters. The van der Waals surface area contributed by atoms with E-state index in [1.165, 1.54) is 11.9 Å². The molecule has 0 bridgehead atoms. The van der Waals surface area contributed by atoms with E-state index in [0.29, 0.717) is 6.54 Å².